The Balaban J connectivity index is 1.94. The molecule has 20 heavy (non-hydrogen) atoms. The molecule has 1 aromatic carbocycles. The number of aliphatic hydroxyl groups excluding tert-OH is 1. The second-order valence-corrected chi connectivity index (χ2v) is 6.39. The van der Waals surface area contributed by atoms with Crippen molar-refractivity contribution in [3.8, 4) is 0 Å². The van der Waals surface area contributed by atoms with E-state index in [2.05, 4.69) is 13.8 Å². The lowest BCUT2D eigenvalue weighted by Crippen LogP contribution is -2.29. The normalized spacial score (nSPS) is 24.9. The molecule has 1 nitrogen and oxygen atoms in total. The van der Waals surface area contributed by atoms with Crippen LogP contribution in [-0.4, -0.2) is 11.2 Å². The number of aliphatic hydroxyl groups is 1. The van der Waals surface area contributed by atoms with Crippen LogP contribution < -0.4 is 0 Å². The number of benzene rings is 1. The topological polar surface area (TPSA) is 20.2 Å². The third-order valence-corrected chi connectivity index (χ3v) is 4.78. The quantitative estimate of drug-likeness (QED) is 0.871. The van der Waals surface area contributed by atoms with Crippen LogP contribution in [0.2, 0.25) is 0 Å². The molecule has 0 aliphatic heterocycles. The third kappa shape index (κ3) is 3.57. The van der Waals surface area contributed by atoms with E-state index in [0.717, 1.165) is 31.6 Å². The van der Waals surface area contributed by atoms with Gasteiger partial charge in [-0.3, -0.25) is 0 Å². The molecule has 0 spiro atoms. The second-order valence-electron chi connectivity index (χ2n) is 6.39. The molecule has 1 saturated carbocycles. The third-order valence-electron chi connectivity index (χ3n) is 4.78. The minimum Gasteiger partial charge on any atom is -0.392 e. The average Bonchev–Trinajstić information content (AvgIpc) is 2.43. The zero-order chi connectivity index (χ0) is 14.7. The fraction of sp³-hybridized carbons (Fsp3) is 0.647. The van der Waals surface area contributed by atoms with Crippen LogP contribution in [0.5, 0.6) is 0 Å². The highest BCUT2D eigenvalue weighted by atomic mass is 19.1. The smallest absolute Gasteiger partial charge is 0.129 e. The number of rotatable bonds is 4. The lowest BCUT2D eigenvalue weighted by Gasteiger charge is -2.33. The van der Waals surface area contributed by atoms with Gasteiger partial charge in [-0.15, -0.1) is 0 Å². The van der Waals surface area contributed by atoms with Crippen molar-refractivity contribution in [2.45, 2.75) is 52.1 Å². The van der Waals surface area contributed by atoms with Crippen molar-refractivity contribution in [2.75, 3.05) is 0 Å². The fourth-order valence-electron chi connectivity index (χ4n) is 3.30. The first-order valence-electron chi connectivity index (χ1n) is 7.60. The van der Waals surface area contributed by atoms with Crippen LogP contribution in [0.25, 0.3) is 0 Å². The summed E-state index contributed by atoms with van der Waals surface area (Å²) in [4.78, 5) is 0. The van der Waals surface area contributed by atoms with Crippen LogP contribution in [0, 0.1) is 29.4 Å². The molecule has 1 unspecified atom stereocenters. The summed E-state index contributed by atoms with van der Waals surface area (Å²) in [5, 5.41) is 10.3. The van der Waals surface area contributed by atoms with E-state index >= 15 is 0 Å². The zero-order valence-corrected chi connectivity index (χ0v) is 12.3. The first-order chi connectivity index (χ1) is 9.49. The molecule has 1 fully saturated rings. The SMILES string of the molecule is CC(C)C1CCC(C(O)Cc2c(F)cccc2F)CC1. The maximum absolute atomic E-state index is 13.6. The summed E-state index contributed by atoms with van der Waals surface area (Å²) in [6.07, 6.45) is 3.57. The van der Waals surface area contributed by atoms with Crippen molar-refractivity contribution < 1.29 is 13.9 Å². The van der Waals surface area contributed by atoms with Crippen LogP contribution in [0.4, 0.5) is 8.78 Å². The minimum absolute atomic E-state index is 0.0194. The molecule has 3 heteroatoms. The number of hydrogen-bond donors (Lipinski definition) is 1. The van der Waals surface area contributed by atoms with Crippen LogP contribution in [0.1, 0.15) is 45.1 Å². The molecule has 1 N–H and O–H groups in total. The molecule has 0 heterocycles. The summed E-state index contributed by atoms with van der Waals surface area (Å²) in [6, 6.07) is 3.86. The first-order valence-corrected chi connectivity index (χ1v) is 7.60. The molecule has 1 atom stereocenters. The molecule has 2 rings (SSSR count). The summed E-state index contributed by atoms with van der Waals surface area (Å²) in [5.74, 6) is 0.463. The average molecular weight is 282 g/mol. The van der Waals surface area contributed by atoms with Gasteiger partial charge in [0.25, 0.3) is 0 Å². The lowest BCUT2D eigenvalue weighted by molar-refractivity contribution is 0.0662. The highest BCUT2D eigenvalue weighted by molar-refractivity contribution is 5.20. The van der Waals surface area contributed by atoms with Crippen molar-refractivity contribution in [1.82, 2.24) is 0 Å². The molecule has 1 aromatic rings. The Labute approximate surface area is 120 Å². The first kappa shape index (κ1) is 15.4. The van der Waals surface area contributed by atoms with Gasteiger partial charge in [-0.2, -0.15) is 0 Å². The van der Waals surface area contributed by atoms with Crippen molar-refractivity contribution in [3.05, 3.63) is 35.4 Å². The van der Waals surface area contributed by atoms with Gasteiger partial charge in [-0.05, 0) is 55.6 Å². The van der Waals surface area contributed by atoms with E-state index in [4.69, 9.17) is 0 Å². The Hall–Kier alpha value is -0.960. The molecule has 1 aliphatic rings. The Morgan fingerprint density at radius 3 is 2.05 bits per heavy atom. The van der Waals surface area contributed by atoms with Gasteiger partial charge in [0.2, 0.25) is 0 Å². The van der Waals surface area contributed by atoms with E-state index in [9.17, 15) is 13.9 Å². The van der Waals surface area contributed by atoms with Crippen LogP contribution in [-0.2, 0) is 6.42 Å². The lowest BCUT2D eigenvalue weighted by atomic mass is 9.74. The van der Waals surface area contributed by atoms with E-state index in [1.165, 1.54) is 18.2 Å². The van der Waals surface area contributed by atoms with Gasteiger partial charge >= 0.3 is 0 Å². The summed E-state index contributed by atoms with van der Waals surface area (Å²) in [6.45, 7) is 4.46. The van der Waals surface area contributed by atoms with Crippen molar-refractivity contribution in [3.63, 3.8) is 0 Å². The highest BCUT2D eigenvalue weighted by Gasteiger charge is 2.28. The molecule has 112 valence electrons. The molecule has 0 saturated heterocycles. The highest BCUT2D eigenvalue weighted by Crippen LogP contribution is 2.35. The summed E-state index contributed by atoms with van der Waals surface area (Å²) in [7, 11) is 0. The van der Waals surface area contributed by atoms with Gasteiger partial charge in [0.05, 0.1) is 6.10 Å². The van der Waals surface area contributed by atoms with Gasteiger partial charge in [0, 0.05) is 12.0 Å². The maximum atomic E-state index is 13.6. The second kappa shape index (κ2) is 6.66. The van der Waals surface area contributed by atoms with E-state index in [1.54, 1.807) is 0 Å². The Morgan fingerprint density at radius 2 is 1.55 bits per heavy atom. The summed E-state index contributed by atoms with van der Waals surface area (Å²) >= 11 is 0. The van der Waals surface area contributed by atoms with Gasteiger partial charge in [-0.1, -0.05) is 19.9 Å². The Bertz CT molecular complexity index is 416. The van der Waals surface area contributed by atoms with Gasteiger partial charge in [0.1, 0.15) is 11.6 Å². The van der Waals surface area contributed by atoms with Gasteiger partial charge < -0.3 is 5.11 Å². The zero-order valence-electron chi connectivity index (χ0n) is 12.3. The Morgan fingerprint density at radius 1 is 1.05 bits per heavy atom. The molecular formula is C17H24F2O. The number of halogens is 2. The summed E-state index contributed by atoms with van der Waals surface area (Å²) < 4.78 is 27.2. The predicted molar refractivity (Wildman–Crippen MR) is 76.4 cm³/mol. The van der Waals surface area contributed by atoms with Gasteiger partial charge in [-0.25, -0.2) is 8.78 Å². The molecule has 1 aliphatic carbocycles. The Kier molecular flexibility index (Phi) is 5.14. The summed E-state index contributed by atoms with van der Waals surface area (Å²) in [5.41, 5.74) is 0.0194. The molecule has 0 amide bonds. The monoisotopic (exact) mass is 282 g/mol. The molecule has 0 bridgehead atoms. The molecule has 0 radical (unpaired) electrons. The standard InChI is InChI=1S/C17H24F2O/c1-11(2)12-6-8-13(9-7-12)17(20)10-14-15(18)4-3-5-16(14)19/h3-5,11-13,17,20H,6-10H2,1-2H3. The van der Waals surface area contributed by atoms with Crippen molar-refractivity contribution in [2.24, 2.45) is 17.8 Å². The van der Waals surface area contributed by atoms with E-state index in [0.29, 0.717) is 5.92 Å². The largest absolute Gasteiger partial charge is 0.392 e. The van der Waals surface area contributed by atoms with Crippen molar-refractivity contribution >= 4 is 0 Å². The van der Waals surface area contributed by atoms with Crippen LogP contribution >= 0.6 is 0 Å². The maximum Gasteiger partial charge on any atom is 0.129 e. The van der Waals surface area contributed by atoms with Crippen molar-refractivity contribution in [1.29, 1.82) is 0 Å². The molecular weight excluding hydrogens is 258 g/mol. The van der Waals surface area contributed by atoms with Gasteiger partial charge in [0.15, 0.2) is 0 Å². The van der Waals surface area contributed by atoms with E-state index < -0.39 is 17.7 Å². The van der Waals surface area contributed by atoms with Crippen LogP contribution in [0.3, 0.4) is 0 Å². The van der Waals surface area contributed by atoms with Crippen LogP contribution in [0.15, 0.2) is 18.2 Å². The predicted octanol–water partition coefficient (Wildman–Crippen LogP) is 4.33. The number of hydrogen-bond acceptors (Lipinski definition) is 1. The molecule has 0 aromatic heterocycles. The minimum atomic E-state index is -0.644. The van der Waals surface area contributed by atoms with E-state index in [1.807, 2.05) is 0 Å². The van der Waals surface area contributed by atoms with E-state index in [-0.39, 0.29) is 17.9 Å². The fourth-order valence-corrected chi connectivity index (χ4v) is 3.30.